The van der Waals surface area contributed by atoms with Crippen molar-refractivity contribution in [1.29, 1.82) is 0 Å². The zero-order valence-corrected chi connectivity index (χ0v) is 9.70. The third-order valence-corrected chi connectivity index (χ3v) is 2.93. The molecule has 0 fully saturated rings. The number of furan rings is 1. The third-order valence-electron chi connectivity index (χ3n) is 2.93. The summed E-state index contributed by atoms with van der Waals surface area (Å²) in [5.41, 5.74) is 5.71. The Morgan fingerprint density at radius 1 is 1.40 bits per heavy atom. The summed E-state index contributed by atoms with van der Waals surface area (Å²) < 4.78 is 5.34. The lowest BCUT2D eigenvalue weighted by molar-refractivity contribution is 0.372. The van der Waals surface area contributed by atoms with Gasteiger partial charge >= 0.3 is 0 Å². The number of hydrogen-bond acceptors (Lipinski definition) is 3. The summed E-state index contributed by atoms with van der Waals surface area (Å²) in [7, 11) is 0. The lowest BCUT2D eigenvalue weighted by atomic mass is 10.0. The largest absolute Gasteiger partial charge is 0.468 e. The normalized spacial score (nSPS) is 13.3. The molecule has 1 rings (SSSR count). The SMILES string of the molecule is CCC(CC)CNC(CN)c1ccco1. The van der Waals surface area contributed by atoms with Crippen LogP contribution < -0.4 is 11.1 Å². The minimum atomic E-state index is 0.153. The molecule has 0 bridgehead atoms. The Hall–Kier alpha value is -0.800. The van der Waals surface area contributed by atoms with Crippen LogP contribution in [0.3, 0.4) is 0 Å². The van der Waals surface area contributed by atoms with Crippen molar-refractivity contribution < 1.29 is 4.42 Å². The van der Waals surface area contributed by atoms with Crippen LogP contribution in [-0.4, -0.2) is 13.1 Å². The molecule has 0 amide bonds. The van der Waals surface area contributed by atoms with E-state index >= 15 is 0 Å². The molecule has 1 atom stereocenters. The van der Waals surface area contributed by atoms with Gasteiger partial charge in [-0.3, -0.25) is 0 Å². The van der Waals surface area contributed by atoms with Gasteiger partial charge in [-0.25, -0.2) is 0 Å². The molecule has 1 aromatic heterocycles. The summed E-state index contributed by atoms with van der Waals surface area (Å²) in [6.45, 7) is 6.03. The van der Waals surface area contributed by atoms with E-state index in [1.54, 1.807) is 6.26 Å². The van der Waals surface area contributed by atoms with Crippen molar-refractivity contribution >= 4 is 0 Å². The van der Waals surface area contributed by atoms with Gasteiger partial charge in [0.2, 0.25) is 0 Å². The first kappa shape index (κ1) is 12.3. The van der Waals surface area contributed by atoms with Crippen molar-refractivity contribution in [3.8, 4) is 0 Å². The van der Waals surface area contributed by atoms with Crippen LogP contribution in [0.4, 0.5) is 0 Å². The van der Waals surface area contributed by atoms with E-state index in [1.807, 2.05) is 12.1 Å². The van der Waals surface area contributed by atoms with Gasteiger partial charge in [-0.15, -0.1) is 0 Å². The van der Waals surface area contributed by atoms with Crippen LogP contribution in [0, 0.1) is 5.92 Å². The molecule has 0 spiro atoms. The highest BCUT2D eigenvalue weighted by Crippen LogP contribution is 2.13. The van der Waals surface area contributed by atoms with Gasteiger partial charge in [0, 0.05) is 6.54 Å². The molecule has 3 heteroatoms. The molecule has 0 aliphatic rings. The molecular weight excluding hydrogens is 188 g/mol. The van der Waals surface area contributed by atoms with Gasteiger partial charge in [0.15, 0.2) is 0 Å². The zero-order chi connectivity index (χ0) is 11.1. The predicted octanol–water partition coefficient (Wildman–Crippen LogP) is 2.31. The van der Waals surface area contributed by atoms with Crippen LogP contribution in [0.15, 0.2) is 22.8 Å². The molecule has 0 aliphatic carbocycles. The van der Waals surface area contributed by atoms with Crippen LogP contribution in [0.2, 0.25) is 0 Å². The third kappa shape index (κ3) is 3.68. The van der Waals surface area contributed by atoms with Crippen LogP contribution >= 0.6 is 0 Å². The molecule has 86 valence electrons. The lowest BCUT2D eigenvalue weighted by Crippen LogP contribution is -2.31. The fourth-order valence-electron chi connectivity index (χ4n) is 1.68. The Bertz CT molecular complexity index is 242. The van der Waals surface area contributed by atoms with Crippen LogP contribution in [0.1, 0.15) is 38.5 Å². The zero-order valence-electron chi connectivity index (χ0n) is 9.70. The summed E-state index contributed by atoms with van der Waals surface area (Å²) in [4.78, 5) is 0. The van der Waals surface area contributed by atoms with Gasteiger partial charge in [-0.05, 0) is 24.6 Å². The minimum Gasteiger partial charge on any atom is -0.468 e. The lowest BCUT2D eigenvalue weighted by Gasteiger charge is -2.18. The average molecular weight is 210 g/mol. The van der Waals surface area contributed by atoms with E-state index in [-0.39, 0.29) is 6.04 Å². The maximum absolute atomic E-state index is 5.71. The summed E-state index contributed by atoms with van der Waals surface area (Å²) >= 11 is 0. The maximum Gasteiger partial charge on any atom is 0.121 e. The highest BCUT2D eigenvalue weighted by atomic mass is 16.3. The van der Waals surface area contributed by atoms with E-state index in [1.165, 1.54) is 12.8 Å². The molecular formula is C12H22N2O. The van der Waals surface area contributed by atoms with E-state index in [4.69, 9.17) is 10.2 Å². The van der Waals surface area contributed by atoms with E-state index in [9.17, 15) is 0 Å². The molecule has 1 heterocycles. The molecule has 0 saturated carbocycles. The van der Waals surface area contributed by atoms with Crippen molar-refractivity contribution in [3.63, 3.8) is 0 Å². The number of rotatable bonds is 7. The summed E-state index contributed by atoms with van der Waals surface area (Å²) in [6, 6.07) is 4.02. The van der Waals surface area contributed by atoms with Crippen LogP contribution in [0.5, 0.6) is 0 Å². The van der Waals surface area contributed by atoms with E-state index in [0.29, 0.717) is 6.54 Å². The molecule has 3 N–H and O–H groups in total. The smallest absolute Gasteiger partial charge is 0.121 e. The molecule has 0 aromatic carbocycles. The van der Waals surface area contributed by atoms with E-state index < -0.39 is 0 Å². The first-order valence-electron chi connectivity index (χ1n) is 5.78. The minimum absolute atomic E-state index is 0.153. The molecule has 1 unspecified atom stereocenters. The van der Waals surface area contributed by atoms with Gasteiger partial charge in [-0.1, -0.05) is 26.7 Å². The van der Waals surface area contributed by atoms with Gasteiger partial charge in [0.05, 0.1) is 12.3 Å². The first-order valence-corrected chi connectivity index (χ1v) is 5.78. The van der Waals surface area contributed by atoms with Crippen molar-refractivity contribution in [1.82, 2.24) is 5.32 Å². The number of nitrogens with one attached hydrogen (secondary N) is 1. The highest BCUT2D eigenvalue weighted by Gasteiger charge is 2.13. The predicted molar refractivity (Wildman–Crippen MR) is 62.6 cm³/mol. The maximum atomic E-state index is 5.71. The fraction of sp³-hybridized carbons (Fsp3) is 0.667. The topological polar surface area (TPSA) is 51.2 Å². The second-order valence-corrected chi connectivity index (χ2v) is 3.89. The van der Waals surface area contributed by atoms with Crippen LogP contribution in [-0.2, 0) is 0 Å². The molecule has 3 nitrogen and oxygen atoms in total. The quantitative estimate of drug-likeness (QED) is 0.726. The molecule has 0 radical (unpaired) electrons. The van der Waals surface area contributed by atoms with Gasteiger partial charge in [-0.2, -0.15) is 0 Å². The van der Waals surface area contributed by atoms with Crippen molar-refractivity contribution in [2.75, 3.05) is 13.1 Å². The monoisotopic (exact) mass is 210 g/mol. The van der Waals surface area contributed by atoms with Gasteiger partial charge in [0.1, 0.15) is 5.76 Å². The summed E-state index contributed by atoms with van der Waals surface area (Å²) in [5.74, 6) is 1.66. The Morgan fingerprint density at radius 3 is 2.60 bits per heavy atom. The van der Waals surface area contributed by atoms with Gasteiger partial charge < -0.3 is 15.5 Å². The molecule has 0 aliphatic heterocycles. The van der Waals surface area contributed by atoms with Crippen molar-refractivity contribution in [3.05, 3.63) is 24.2 Å². The average Bonchev–Trinajstić information content (AvgIpc) is 2.78. The van der Waals surface area contributed by atoms with E-state index in [0.717, 1.165) is 18.2 Å². The molecule has 1 aromatic rings. The molecule has 15 heavy (non-hydrogen) atoms. The Kier molecular flexibility index (Phi) is 5.43. The standard InChI is InChI=1S/C12H22N2O/c1-3-10(4-2)9-14-11(8-13)12-6-5-7-15-12/h5-7,10-11,14H,3-4,8-9,13H2,1-2H3. The van der Waals surface area contributed by atoms with Crippen molar-refractivity contribution in [2.45, 2.75) is 32.7 Å². The number of nitrogens with two attached hydrogens (primary N) is 1. The Labute approximate surface area is 92.0 Å². The highest BCUT2D eigenvalue weighted by molar-refractivity contribution is 5.04. The molecule has 0 saturated heterocycles. The second kappa shape index (κ2) is 6.64. The van der Waals surface area contributed by atoms with E-state index in [2.05, 4.69) is 19.2 Å². The van der Waals surface area contributed by atoms with Crippen LogP contribution in [0.25, 0.3) is 0 Å². The summed E-state index contributed by atoms with van der Waals surface area (Å²) in [6.07, 6.45) is 4.11. The summed E-state index contributed by atoms with van der Waals surface area (Å²) in [5, 5.41) is 3.46. The first-order chi connectivity index (χ1) is 7.31. The number of hydrogen-bond donors (Lipinski definition) is 2. The Balaban J connectivity index is 2.41. The second-order valence-electron chi connectivity index (χ2n) is 3.89. The fourth-order valence-corrected chi connectivity index (χ4v) is 1.68. The van der Waals surface area contributed by atoms with Crippen molar-refractivity contribution in [2.24, 2.45) is 11.7 Å². The Morgan fingerprint density at radius 2 is 2.13 bits per heavy atom. The van der Waals surface area contributed by atoms with Gasteiger partial charge in [0.25, 0.3) is 0 Å².